The van der Waals surface area contributed by atoms with E-state index >= 15 is 0 Å². The van der Waals surface area contributed by atoms with Gasteiger partial charge in [0.2, 0.25) is 0 Å². The first-order valence-corrected chi connectivity index (χ1v) is 13.3. The minimum atomic E-state index is -4.28. The van der Waals surface area contributed by atoms with E-state index in [1.807, 2.05) is 0 Å². The molecule has 36 heavy (non-hydrogen) atoms. The number of hydrogen-bond donors (Lipinski definition) is 0. The Hall–Kier alpha value is 0.390. The van der Waals surface area contributed by atoms with Crippen LogP contribution in [0.2, 0.25) is 0 Å². The van der Waals surface area contributed by atoms with Gasteiger partial charge in [-0.3, -0.25) is 0 Å². The van der Waals surface area contributed by atoms with E-state index in [9.17, 15) is 38.9 Å². The molecule has 0 unspecified atom stereocenters. The van der Waals surface area contributed by atoms with Crippen LogP contribution in [0, 0.1) is 20.8 Å². The zero-order valence-corrected chi connectivity index (χ0v) is 29.3. The Morgan fingerprint density at radius 1 is 0.417 bits per heavy atom. The Labute approximate surface area is 279 Å². The van der Waals surface area contributed by atoms with Crippen LogP contribution in [0.3, 0.4) is 0 Å². The van der Waals surface area contributed by atoms with E-state index in [2.05, 4.69) is 0 Å². The normalized spacial score (nSPS) is 10.5. The van der Waals surface area contributed by atoms with Gasteiger partial charge in [0, 0.05) is 0 Å². The molecule has 0 atom stereocenters. The first-order valence-electron chi connectivity index (χ1n) is 9.09. The van der Waals surface area contributed by atoms with Crippen molar-refractivity contribution in [1.82, 2.24) is 0 Å². The standard InChI is InChI=1S/3C7H8O3S.3Na/c3*1-6-4-2-3-5-7(6)11(8,9)10;;;/h3*2-5H,1H3,(H,8,9,10);;;/q;;;3*+1/p-3. The van der Waals surface area contributed by atoms with Gasteiger partial charge in [-0.05, 0) is 55.7 Å². The molecule has 0 bridgehead atoms. The summed E-state index contributed by atoms with van der Waals surface area (Å²) in [6, 6.07) is 18.3. The van der Waals surface area contributed by atoms with Gasteiger partial charge in [-0.2, -0.15) is 0 Å². The van der Waals surface area contributed by atoms with Crippen LogP contribution in [0.25, 0.3) is 0 Å². The molecule has 0 amide bonds. The van der Waals surface area contributed by atoms with Crippen molar-refractivity contribution in [2.24, 2.45) is 0 Å². The molecule has 15 heteroatoms. The van der Waals surface area contributed by atoms with Crippen molar-refractivity contribution >= 4 is 30.4 Å². The number of rotatable bonds is 3. The predicted octanol–water partition coefficient (Wildman–Crippen LogP) is -6.29. The number of hydrogen-bond acceptors (Lipinski definition) is 9. The molecule has 0 saturated carbocycles. The van der Waals surface area contributed by atoms with Crippen LogP contribution in [-0.4, -0.2) is 38.9 Å². The van der Waals surface area contributed by atoms with Crippen LogP contribution in [0.4, 0.5) is 0 Å². The van der Waals surface area contributed by atoms with Crippen LogP contribution < -0.4 is 88.7 Å². The monoisotopic (exact) mass is 582 g/mol. The first-order chi connectivity index (χ1) is 15.0. The second-order valence-corrected chi connectivity index (χ2v) is 10.7. The molecule has 3 rings (SSSR count). The van der Waals surface area contributed by atoms with Crippen LogP contribution in [0.15, 0.2) is 87.5 Å². The van der Waals surface area contributed by atoms with E-state index in [0.29, 0.717) is 16.7 Å². The van der Waals surface area contributed by atoms with Crippen LogP contribution in [0.5, 0.6) is 0 Å². The molecule has 0 aliphatic heterocycles. The van der Waals surface area contributed by atoms with E-state index in [1.165, 1.54) is 36.4 Å². The summed E-state index contributed by atoms with van der Waals surface area (Å²) in [5.74, 6) is 0. The smallest absolute Gasteiger partial charge is 0.744 e. The largest absolute Gasteiger partial charge is 1.00 e. The molecule has 0 saturated heterocycles. The van der Waals surface area contributed by atoms with E-state index in [-0.39, 0.29) is 103 Å². The summed E-state index contributed by atoms with van der Waals surface area (Å²) in [6.07, 6.45) is 0. The molecule has 3 aromatic carbocycles. The van der Waals surface area contributed by atoms with Crippen molar-refractivity contribution in [1.29, 1.82) is 0 Å². The topological polar surface area (TPSA) is 172 Å². The van der Waals surface area contributed by atoms with Crippen molar-refractivity contribution in [2.75, 3.05) is 0 Å². The molecule has 3 aromatic rings. The van der Waals surface area contributed by atoms with Gasteiger partial charge >= 0.3 is 88.7 Å². The van der Waals surface area contributed by atoms with Gasteiger partial charge in [-0.25, -0.2) is 25.3 Å². The summed E-state index contributed by atoms with van der Waals surface area (Å²) >= 11 is 0. The van der Waals surface area contributed by atoms with Gasteiger partial charge in [0.25, 0.3) is 0 Å². The van der Waals surface area contributed by atoms with Crippen molar-refractivity contribution < 1.29 is 128 Å². The molecule has 0 aromatic heterocycles. The average Bonchev–Trinajstić information content (AvgIpc) is 2.67. The molecule has 0 aliphatic rings. The minimum absolute atomic E-state index is 0. The van der Waals surface area contributed by atoms with Crippen LogP contribution >= 0.6 is 0 Å². The van der Waals surface area contributed by atoms with E-state index < -0.39 is 30.4 Å². The quantitative estimate of drug-likeness (QED) is 0.215. The van der Waals surface area contributed by atoms with Crippen LogP contribution in [-0.2, 0) is 30.4 Å². The van der Waals surface area contributed by atoms with E-state index in [4.69, 9.17) is 0 Å². The fourth-order valence-corrected chi connectivity index (χ4v) is 4.63. The second-order valence-electron chi connectivity index (χ2n) is 6.66. The molecule has 9 nitrogen and oxygen atoms in total. The van der Waals surface area contributed by atoms with Crippen molar-refractivity contribution in [2.45, 2.75) is 35.5 Å². The third-order valence-corrected chi connectivity index (χ3v) is 7.08. The average molecular weight is 583 g/mol. The Bertz CT molecular complexity index is 1250. The zero-order valence-electron chi connectivity index (χ0n) is 20.8. The molecule has 0 N–H and O–H groups in total. The maximum Gasteiger partial charge on any atom is 1.00 e. The molecule has 0 radical (unpaired) electrons. The second kappa shape index (κ2) is 17.9. The summed E-state index contributed by atoms with van der Waals surface area (Å²) < 4.78 is 94.5. The van der Waals surface area contributed by atoms with Gasteiger partial charge in [-0.1, -0.05) is 54.6 Å². The summed E-state index contributed by atoms with van der Waals surface area (Å²) in [4.78, 5) is -0.417. The molecular formula is C21H21Na3O9S3. The fraction of sp³-hybridized carbons (Fsp3) is 0.143. The Balaban J connectivity index is -0.000000436. The molecule has 0 heterocycles. The summed E-state index contributed by atoms with van der Waals surface area (Å²) in [5, 5.41) is 0. The van der Waals surface area contributed by atoms with Crippen LogP contribution in [0.1, 0.15) is 16.7 Å². The van der Waals surface area contributed by atoms with Crippen molar-refractivity contribution in [3.05, 3.63) is 89.5 Å². The van der Waals surface area contributed by atoms with Gasteiger partial charge in [0.1, 0.15) is 30.4 Å². The van der Waals surface area contributed by atoms with Gasteiger partial charge in [0.15, 0.2) is 0 Å². The summed E-state index contributed by atoms with van der Waals surface area (Å²) in [5.41, 5.74) is 1.47. The molecule has 0 spiro atoms. The molecular weight excluding hydrogens is 561 g/mol. The van der Waals surface area contributed by atoms with E-state index in [1.54, 1.807) is 57.2 Å². The van der Waals surface area contributed by atoms with Gasteiger partial charge in [-0.15, -0.1) is 0 Å². The number of benzene rings is 3. The van der Waals surface area contributed by atoms with Gasteiger partial charge in [0.05, 0.1) is 14.7 Å². The Kier molecular flexibility index (Phi) is 20.3. The fourth-order valence-electron chi connectivity index (χ4n) is 2.51. The number of aryl methyl sites for hydroxylation is 3. The predicted molar refractivity (Wildman–Crippen MR) is 117 cm³/mol. The maximum absolute atomic E-state index is 10.5. The molecule has 180 valence electrons. The van der Waals surface area contributed by atoms with E-state index in [0.717, 1.165) is 0 Å². The third kappa shape index (κ3) is 14.5. The maximum atomic E-state index is 10.5. The van der Waals surface area contributed by atoms with Crippen molar-refractivity contribution in [3.8, 4) is 0 Å². The van der Waals surface area contributed by atoms with Crippen molar-refractivity contribution in [3.63, 3.8) is 0 Å². The first kappa shape index (κ1) is 40.9. The molecule has 0 aliphatic carbocycles. The SMILES string of the molecule is Cc1ccccc1S(=O)(=O)[O-].Cc1ccccc1S(=O)(=O)[O-].Cc1ccccc1S(=O)(=O)[O-].[Na+].[Na+].[Na+]. The Morgan fingerprint density at radius 2 is 0.583 bits per heavy atom. The minimum Gasteiger partial charge on any atom is -0.744 e. The Morgan fingerprint density at radius 3 is 0.694 bits per heavy atom. The van der Waals surface area contributed by atoms with Gasteiger partial charge < -0.3 is 13.7 Å². The summed E-state index contributed by atoms with van der Waals surface area (Å²) in [6.45, 7) is 4.76. The summed E-state index contributed by atoms with van der Waals surface area (Å²) in [7, 11) is -12.9. The zero-order chi connectivity index (χ0) is 25.4. The third-order valence-electron chi connectivity index (χ3n) is 4.09. The molecule has 0 fully saturated rings.